The van der Waals surface area contributed by atoms with Gasteiger partial charge in [0.1, 0.15) is 0 Å². The molecule has 2 aliphatic heterocycles. The van der Waals surface area contributed by atoms with Gasteiger partial charge in [-0.3, -0.25) is 4.90 Å². The van der Waals surface area contributed by atoms with Crippen LogP contribution in [-0.4, -0.2) is 91.6 Å². The Kier molecular flexibility index (Phi) is 6.09. The van der Waals surface area contributed by atoms with E-state index in [-0.39, 0.29) is 26.2 Å². The van der Waals surface area contributed by atoms with Crippen LogP contribution in [0, 0.1) is 0 Å². The number of rotatable bonds is 7. The summed E-state index contributed by atoms with van der Waals surface area (Å²) in [6.45, 7) is 3.29. The smallest absolute Gasteiger partial charge is 0.348 e. The Morgan fingerprint density at radius 1 is 1.09 bits per heavy atom. The molecule has 0 bridgehead atoms. The first-order chi connectivity index (χ1) is 10.5. The lowest BCUT2D eigenvalue weighted by atomic mass is 9.99. The lowest BCUT2D eigenvalue weighted by molar-refractivity contribution is -0.260. The molecular weight excluding hydrogens is 298 g/mol. The fourth-order valence-corrected chi connectivity index (χ4v) is 2.36. The Bertz CT molecular complexity index is 376. The molecule has 2 fully saturated rings. The predicted molar refractivity (Wildman–Crippen MR) is 71.5 cm³/mol. The average Bonchev–Trinajstić information content (AvgIpc) is 2.53. The molecule has 2 rings (SSSR count). The second-order valence-corrected chi connectivity index (χ2v) is 5.13. The lowest BCUT2D eigenvalue weighted by Crippen LogP contribution is -2.55. The summed E-state index contributed by atoms with van der Waals surface area (Å²) in [5, 5.41) is 18.8. The Morgan fingerprint density at radius 3 is 2.32 bits per heavy atom. The van der Waals surface area contributed by atoms with Crippen molar-refractivity contribution in [2.45, 2.75) is 18.3 Å². The van der Waals surface area contributed by atoms with Crippen molar-refractivity contribution >= 4 is 11.9 Å². The number of morpholine rings is 1. The van der Waals surface area contributed by atoms with E-state index in [1.165, 1.54) is 0 Å². The van der Waals surface area contributed by atoms with Crippen molar-refractivity contribution in [3.05, 3.63) is 0 Å². The number of carboxylic acids is 2. The van der Waals surface area contributed by atoms with E-state index in [1.807, 2.05) is 4.90 Å². The Morgan fingerprint density at radius 2 is 1.77 bits per heavy atom. The van der Waals surface area contributed by atoms with Gasteiger partial charge in [-0.15, -0.1) is 0 Å². The van der Waals surface area contributed by atoms with Gasteiger partial charge in [-0.25, -0.2) is 9.59 Å². The zero-order valence-electron chi connectivity index (χ0n) is 12.2. The summed E-state index contributed by atoms with van der Waals surface area (Å²) >= 11 is 0. The average molecular weight is 319 g/mol. The maximum atomic E-state index is 11.6. The molecule has 0 aromatic carbocycles. The van der Waals surface area contributed by atoms with E-state index >= 15 is 0 Å². The summed E-state index contributed by atoms with van der Waals surface area (Å²) in [6.07, 6.45) is -1.18. The summed E-state index contributed by atoms with van der Waals surface area (Å²) in [6, 6.07) is 0. The molecule has 126 valence electrons. The number of carboxylic acid groups (broad SMARTS) is 2. The lowest BCUT2D eigenvalue weighted by Gasteiger charge is -2.34. The second kappa shape index (κ2) is 7.84. The topological polar surface area (TPSA) is 115 Å². The van der Waals surface area contributed by atoms with Crippen LogP contribution < -0.4 is 0 Å². The molecule has 0 amide bonds. The van der Waals surface area contributed by atoms with Crippen LogP contribution in [-0.2, 0) is 28.5 Å². The van der Waals surface area contributed by atoms with Crippen molar-refractivity contribution in [3.8, 4) is 0 Å². The van der Waals surface area contributed by atoms with Crippen LogP contribution in [0.1, 0.15) is 6.42 Å². The summed E-state index contributed by atoms with van der Waals surface area (Å²) < 4.78 is 20.8. The number of ether oxygens (including phenoxy) is 4. The first kappa shape index (κ1) is 17.1. The molecule has 2 N–H and O–H groups in total. The molecule has 1 unspecified atom stereocenters. The van der Waals surface area contributed by atoms with Crippen LogP contribution >= 0.6 is 0 Å². The van der Waals surface area contributed by atoms with Crippen LogP contribution in [0.15, 0.2) is 0 Å². The van der Waals surface area contributed by atoms with Crippen LogP contribution in [0.2, 0.25) is 0 Å². The van der Waals surface area contributed by atoms with Gasteiger partial charge in [-0.2, -0.15) is 0 Å². The van der Waals surface area contributed by atoms with Gasteiger partial charge in [0.05, 0.1) is 33.0 Å². The number of hydrogen-bond donors (Lipinski definition) is 2. The standard InChI is InChI=1S/C13H21NO8/c15-11(16)13(12(17)18,22-10-9-20-7-8-21-10)1-2-14-3-5-19-6-4-14/h10H,1-9H2,(H,15,16)(H,17,18). The van der Waals surface area contributed by atoms with Crippen molar-refractivity contribution in [2.75, 3.05) is 52.7 Å². The van der Waals surface area contributed by atoms with Gasteiger partial charge < -0.3 is 29.2 Å². The van der Waals surface area contributed by atoms with Crippen LogP contribution in [0.5, 0.6) is 0 Å². The molecule has 2 aliphatic rings. The van der Waals surface area contributed by atoms with Crippen LogP contribution in [0.4, 0.5) is 0 Å². The van der Waals surface area contributed by atoms with Crippen LogP contribution in [0.3, 0.4) is 0 Å². The van der Waals surface area contributed by atoms with E-state index in [1.54, 1.807) is 0 Å². The number of hydrogen-bond acceptors (Lipinski definition) is 7. The number of nitrogens with zero attached hydrogens (tertiary/aromatic N) is 1. The van der Waals surface area contributed by atoms with Crippen molar-refractivity contribution in [3.63, 3.8) is 0 Å². The van der Waals surface area contributed by atoms with E-state index in [9.17, 15) is 19.8 Å². The third-order valence-corrected chi connectivity index (χ3v) is 3.69. The molecule has 2 saturated heterocycles. The fraction of sp³-hybridized carbons (Fsp3) is 0.846. The Labute approximate surface area is 127 Å². The van der Waals surface area contributed by atoms with E-state index in [4.69, 9.17) is 18.9 Å². The normalized spacial score (nSPS) is 24.1. The molecule has 22 heavy (non-hydrogen) atoms. The Hall–Kier alpha value is -1.26. The molecule has 1 atom stereocenters. The third kappa shape index (κ3) is 4.14. The van der Waals surface area contributed by atoms with Gasteiger partial charge in [-0.1, -0.05) is 0 Å². The third-order valence-electron chi connectivity index (χ3n) is 3.69. The summed E-state index contributed by atoms with van der Waals surface area (Å²) in [4.78, 5) is 25.1. The molecule has 0 aromatic heterocycles. The van der Waals surface area contributed by atoms with E-state index in [2.05, 4.69) is 0 Å². The van der Waals surface area contributed by atoms with Crippen molar-refractivity contribution in [1.29, 1.82) is 0 Å². The maximum absolute atomic E-state index is 11.6. The molecular formula is C13H21NO8. The van der Waals surface area contributed by atoms with Gasteiger partial charge in [0, 0.05) is 26.1 Å². The van der Waals surface area contributed by atoms with Gasteiger partial charge in [0.25, 0.3) is 5.60 Å². The zero-order valence-corrected chi connectivity index (χ0v) is 12.2. The van der Waals surface area contributed by atoms with Crippen molar-refractivity contribution in [1.82, 2.24) is 4.90 Å². The van der Waals surface area contributed by atoms with E-state index < -0.39 is 23.8 Å². The highest BCUT2D eigenvalue weighted by molar-refractivity contribution is 6.01. The highest BCUT2D eigenvalue weighted by Crippen LogP contribution is 2.22. The minimum absolute atomic E-state index is 0.0138. The molecule has 0 saturated carbocycles. The number of carbonyl (C=O) groups is 2. The highest BCUT2D eigenvalue weighted by Gasteiger charge is 2.50. The van der Waals surface area contributed by atoms with Gasteiger partial charge in [0.15, 0.2) is 6.29 Å². The summed E-state index contributed by atoms with van der Waals surface area (Å²) in [7, 11) is 0. The van der Waals surface area contributed by atoms with E-state index in [0.717, 1.165) is 0 Å². The molecule has 0 aromatic rings. The molecule has 0 aliphatic carbocycles. The fourth-order valence-electron chi connectivity index (χ4n) is 2.36. The Balaban J connectivity index is 2.02. The monoisotopic (exact) mass is 319 g/mol. The molecule has 2 heterocycles. The van der Waals surface area contributed by atoms with Gasteiger partial charge in [-0.05, 0) is 0 Å². The SMILES string of the molecule is O=C(O)C(CCN1CCOCC1)(OC1COCCO1)C(=O)O. The first-order valence-electron chi connectivity index (χ1n) is 7.18. The van der Waals surface area contributed by atoms with Crippen molar-refractivity contribution in [2.24, 2.45) is 0 Å². The van der Waals surface area contributed by atoms with E-state index in [0.29, 0.717) is 32.9 Å². The molecule has 9 heteroatoms. The minimum atomic E-state index is -2.34. The maximum Gasteiger partial charge on any atom is 0.348 e. The molecule has 9 nitrogen and oxygen atoms in total. The molecule has 0 spiro atoms. The van der Waals surface area contributed by atoms with Crippen molar-refractivity contribution < 1.29 is 38.7 Å². The van der Waals surface area contributed by atoms with Crippen LogP contribution in [0.25, 0.3) is 0 Å². The largest absolute Gasteiger partial charge is 0.479 e. The summed E-state index contributed by atoms with van der Waals surface area (Å²) in [5.74, 6) is -3.08. The minimum Gasteiger partial charge on any atom is -0.479 e. The molecule has 0 radical (unpaired) electrons. The number of aliphatic carboxylic acids is 2. The predicted octanol–water partition coefficient (Wildman–Crippen LogP) is -0.994. The highest BCUT2D eigenvalue weighted by atomic mass is 16.7. The zero-order chi connectivity index (χ0) is 16.0. The van der Waals surface area contributed by atoms with Gasteiger partial charge >= 0.3 is 11.9 Å². The summed E-state index contributed by atoms with van der Waals surface area (Å²) in [5.41, 5.74) is -2.34. The quantitative estimate of drug-likeness (QED) is 0.570. The van der Waals surface area contributed by atoms with Gasteiger partial charge in [0.2, 0.25) is 0 Å². The first-order valence-corrected chi connectivity index (χ1v) is 7.18. The second-order valence-electron chi connectivity index (χ2n) is 5.13.